The minimum absolute atomic E-state index is 0.205. The molecule has 1 heterocycles. The molecule has 0 amide bonds. The fourth-order valence-electron chi connectivity index (χ4n) is 3.45. The maximum Gasteiger partial charge on any atom is 0.193 e. The minimum Gasteiger partial charge on any atom is -0.496 e. The predicted molar refractivity (Wildman–Crippen MR) is 114 cm³/mol. The van der Waals surface area contributed by atoms with Crippen molar-refractivity contribution in [1.82, 2.24) is 10.2 Å². The van der Waals surface area contributed by atoms with Crippen LogP contribution < -0.4 is 15.0 Å². The number of benzene rings is 2. The lowest BCUT2D eigenvalue weighted by Gasteiger charge is -2.29. The van der Waals surface area contributed by atoms with Gasteiger partial charge in [-0.2, -0.15) is 0 Å². The van der Waals surface area contributed by atoms with Gasteiger partial charge in [0, 0.05) is 45.8 Å². The van der Waals surface area contributed by atoms with Crippen LogP contribution in [0.4, 0.5) is 10.1 Å². The predicted octanol–water partition coefficient (Wildman–Crippen LogP) is 2.88. The van der Waals surface area contributed by atoms with Crippen LogP contribution in [0.2, 0.25) is 0 Å². The summed E-state index contributed by atoms with van der Waals surface area (Å²) in [7, 11) is 5.37. The van der Waals surface area contributed by atoms with Crippen LogP contribution in [0.1, 0.15) is 11.1 Å². The van der Waals surface area contributed by atoms with Crippen molar-refractivity contribution in [1.29, 1.82) is 0 Å². The number of aliphatic imine (C=N–C) groups is 1. The highest BCUT2D eigenvalue weighted by Crippen LogP contribution is 2.22. The average Bonchev–Trinajstić information content (AvgIpc) is 2.75. The van der Waals surface area contributed by atoms with E-state index in [1.807, 2.05) is 53.2 Å². The Balaban J connectivity index is 1.60. The Labute approximate surface area is 171 Å². The molecule has 1 N–H and O–H groups in total. The Morgan fingerprint density at radius 1 is 1.24 bits per heavy atom. The molecular formula is C22H29FN4O2. The number of hydrogen-bond acceptors (Lipinski definition) is 4. The summed E-state index contributed by atoms with van der Waals surface area (Å²) in [6, 6.07) is 13.3. The summed E-state index contributed by atoms with van der Waals surface area (Å²) in [4.78, 5) is 8.38. The highest BCUT2D eigenvalue weighted by atomic mass is 19.1. The molecule has 3 rings (SSSR count). The highest BCUT2D eigenvalue weighted by molar-refractivity contribution is 5.79. The van der Waals surface area contributed by atoms with Crippen molar-refractivity contribution in [2.24, 2.45) is 4.99 Å². The molecular weight excluding hydrogens is 371 g/mol. The third-order valence-corrected chi connectivity index (χ3v) is 4.99. The van der Waals surface area contributed by atoms with Gasteiger partial charge in [0.1, 0.15) is 11.6 Å². The molecule has 1 fully saturated rings. The molecule has 0 atom stereocenters. The van der Waals surface area contributed by atoms with Crippen LogP contribution in [0, 0.1) is 5.82 Å². The van der Waals surface area contributed by atoms with Crippen molar-refractivity contribution in [3.05, 3.63) is 59.4 Å². The SMILES string of the molecule is CN=C(NCc1ccc(N2CCOCC2)c(F)c1)N(C)Cc1ccccc1OC. The number of methoxy groups -OCH3 is 1. The van der Waals surface area contributed by atoms with Gasteiger partial charge >= 0.3 is 0 Å². The van der Waals surface area contributed by atoms with E-state index < -0.39 is 0 Å². The molecule has 1 saturated heterocycles. The molecule has 0 aliphatic carbocycles. The Kier molecular flexibility index (Phi) is 7.30. The van der Waals surface area contributed by atoms with E-state index in [1.54, 1.807) is 20.2 Å². The lowest BCUT2D eigenvalue weighted by Crippen LogP contribution is -2.38. The first-order chi connectivity index (χ1) is 14.1. The maximum atomic E-state index is 14.6. The van der Waals surface area contributed by atoms with E-state index in [4.69, 9.17) is 9.47 Å². The summed E-state index contributed by atoms with van der Waals surface area (Å²) in [5, 5.41) is 3.30. The number of ether oxygens (including phenoxy) is 2. The smallest absolute Gasteiger partial charge is 0.193 e. The number of morpholine rings is 1. The second-order valence-corrected chi connectivity index (χ2v) is 6.95. The van der Waals surface area contributed by atoms with E-state index in [2.05, 4.69) is 10.3 Å². The van der Waals surface area contributed by atoms with Crippen molar-refractivity contribution in [2.75, 3.05) is 52.4 Å². The molecule has 156 valence electrons. The Morgan fingerprint density at radius 2 is 2.00 bits per heavy atom. The third-order valence-electron chi connectivity index (χ3n) is 4.99. The number of para-hydroxylation sites is 1. The van der Waals surface area contributed by atoms with E-state index in [1.165, 1.54) is 0 Å². The van der Waals surface area contributed by atoms with Crippen LogP contribution in [-0.4, -0.2) is 58.4 Å². The van der Waals surface area contributed by atoms with Crippen molar-refractivity contribution in [3.8, 4) is 5.75 Å². The van der Waals surface area contributed by atoms with Crippen molar-refractivity contribution < 1.29 is 13.9 Å². The van der Waals surface area contributed by atoms with Crippen molar-refractivity contribution in [3.63, 3.8) is 0 Å². The first-order valence-electron chi connectivity index (χ1n) is 9.77. The zero-order valence-corrected chi connectivity index (χ0v) is 17.3. The monoisotopic (exact) mass is 400 g/mol. The summed E-state index contributed by atoms with van der Waals surface area (Å²) < 4.78 is 25.4. The van der Waals surface area contributed by atoms with Crippen LogP contribution >= 0.6 is 0 Å². The Hall–Kier alpha value is -2.80. The second-order valence-electron chi connectivity index (χ2n) is 6.95. The van der Waals surface area contributed by atoms with Gasteiger partial charge in [-0.15, -0.1) is 0 Å². The zero-order chi connectivity index (χ0) is 20.6. The number of hydrogen-bond donors (Lipinski definition) is 1. The average molecular weight is 400 g/mol. The van der Waals surface area contributed by atoms with Gasteiger partial charge < -0.3 is 24.6 Å². The molecule has 2 aromatic rings. The summed E-state index contributed by atoms with van der Waals surface area (Å²) in [5.41, 5.74) is 2.57. The van der Waals surface area contributed by atoms with E-state index in [0.717, 1.165) is 35.9 Å². The quantitative estimate of drug-likeness (QED) is 0.597. The highest BCUT2D eigenvalue weighted by Gasteiger charge is 2.16. The van der Waals surface area contributed by atoms with E-state index in [9.17, 15) is 4.39 Å². The standard InChI is InChI=1S/C22H29FN4O2/c1-24-22(26(2)16-18-6-4-5-7-21(18)28-3)25-15-17-8-9-20(19(23)14-17)27-10-12-29-13-11-27/h4-9,14H,10-13,15-16H2,1-3H3,(H,24,25). The fourth-order valence-corrected chi connectivity index (χ4v) is 3.45. The molecule has 1 aliphatic heterocycles. The third kappa shape index (κ3) is 5.38. The number of anilines is 1. The molecule has 0 aromatic heterocycles. The van der Waals surface area contributed by atoms with Gasteiger partial charge in [0.15, 0.2) is 5.96 Å². The minimum atomic E-state index is -0.205. The normalized spacial score (nSPS) is 14.6. The summed E-state index contributed by atoms with van der Waals surface area (Å²) in [6.45, 7) is 3.84. The van der Waals surface area contributed by atoms with Crippen LogP contribution in [-0.2, 0) is 17.8 Å². The Morgan fingerprint density at radius 3 is 2.69 bits per heavy atom. The van der Waals surface area contributed by atoms with Crippen LogP contribution in [0.3, 0.4) is 0 Å². The molecule has 2 aromatic carbocycles. The number of rotatable bonds is 6. The molecule has 0 radical (unpaired) electrons. The van der Waals surface area contributed by atoms with Crippen molar-refractivity contribution >= 4 is 11.6 Å². The van der Waals surface area contributed by atoms with Crippen LogP contribution in [0.25, 0.3) is 0 Å². The summed E-state index contributed by atoms with van der Waals surface area (Å²) >= 11 is 0. The lowest BCUT2D eigenvalue weighted by molar-refractivity contribution is 0.122. The largest absolute Gasteiger partial charge is 0.496 e. The van der Waals surface area contributed by atoms with E-state index in [0.29, 0.717) is 32.0 Å². The summed E-state index contributed by atoms with van der Waals surface area (Å²) in [6.07, 6.45) is 0. The van der Waals surface area contributed by atoms with Gasteiger partial charge in [-0.25, -0.2) is 4.39 Å². The van der Waals surface area contributed by atoms with Gasteiger partial charge in [-0.05, 0) is 23.8 Å². The molecule has 7 heteroatoms. The number of halogens is 1. The molecule has 0 saturated carbocycles. The maximum absolute atomic E-state index is 14.6. The Bertz CT molecular complexity index is 837. The molecule has 1 aliphatic rings. The first-order valence-corrected chi connectivity index (χ1v) is 9.77. The van der Waals surface area contributed by atoms with Crippen LogP contribution in [0.5, 0.6) is 5.75 Å². The van der Waals surface area contributed by atoms with Crippen LogP contribution in [0.15, 0.2) is 47.5 Å². The second kappa shape index (κ2) is 10.1. The van der Waals surface area contributed by atoms with Gasteiger partial charge in [-0.3, -0.25) is 4.99 Å². The van der Waals surface area contributed by atoms with E-state index >= 15 is 0 Å². The van der Waals surface area contributed by atoms with E-state index in [-0.39, 0.29) is 5.82 Å². The molecule has 6 nitrogen and oxygen atoms in total. The lowest BCUT2D eigenvalue weighted by atomic mass is 10.1. The molecule has 0 spiro atoms. The topological polar surface area (TPSA) is 49.3 Å². The number of nitrogens with zero attached hydrogens (tertiary/aromatic N) is 3. The first kappa shape index (κ1) is 20.9. The number of guanidine groups is 1. The summed E-state index contributed by atoms with van der Waals surface area (Å²) in [5.74, 6) is 1.37. The molecule has 0 unspecified atom stereocenters. The fraction of sp³-hybridized carbons (Fsp3) is 0.409. The number of nitrogens with one attached hydrogen (secondary N) is 1. The van der Waals surface area contributed by atoms with Gasteiger partial charge in [0.25, 0.3) is 0 Å². The van der Waals surface area contributed by atoms with Gasteiger partial charge in [0.05, 0.1) is 26.0 Å². The van der Waals surface area contributed by atoms with Gasteiger partial charge in [-0.1, -0.05) is 24.3 Å². The van der Waals surface area contributed by atoms with Crippen molar-refractivity contribution in [2.45, 2.75) is 13.1 Å². The molecule has 29 heavy (non-hydrogen) atoms. The zero-order valence-electron chi connectivity index (χ0n) is 17.3. The molecule has 0 bridgehead atoms. The van der Waals surface area contributed by atoms with Gasteiger partial charge in [0.2, 0.25) is 0 Å².